The Bertz CT molecular complexity index is 912. The molecule has 8 heteroatoms. The molecule has 1 N–H and O–H groups in total. The number of hydrogen-bond acceptors (Lipinski definition) is 8. The summed E-state index contributed by atoms with van der Waals surface area (Å²) >= 11 is 0. The van der Waals surface area contributed by atoms with Gasteiger partial charge in [-0.2, -0.15) is 0 Å². The van der Waals surface area contributed by atoms with Crippen LogP contribution in [0.25, 0.3) is 0 Å². The third-order valence-corrected chi connectivity index (χ3v) is 7.59. The lowest BCUT2D eigenvalue weighted by Crippen LogP contribution is -2.59. The van der Waals surface area contributed by atoms with Crippen molar-refractivity contribution in [2.45, 2.75) is 86.9 Å². The lowest BCUT2D eigenvalue weighted by molar-refractivity contribution is -0.163. The number of aliphatic hydroxyl groups is 1. The molecule has 0 heterocycles. The Morgan fingerprint density at radius 2 is 1.71 bits per heavy atom. The molecule has 0 saturated heterocycles. The number of Topliss-reactive ketones (excluding diaryl/α,β-unsaturated/α-hetero) is 1. The SMILES string of the molecule is CC(=O)OC/C=C(\C)[C@H](C[C@@H]1C(C)=C(OC(C)=O)C(=O)[C@H]2C(C)(C)[C@H](O)CC[C@]12C)OC(C)=O. The second-order valence-electron chi connectivity index (χ2n) is 10.4. The maximum Gasteiger partial charge on any atom is 0.308 e. The van der Waals surface area contributed by atoms with E-state index in [2.05, 4.69) is 0 Å². The molecule has 0 amide bonds. The van der Waals surface area contributed by atoms with Gasteiger partial charge in [0.2, 0.25) is 5.78 Å². The first-order chi connectivity index (χ1) is 15.6. The van der Waals surface area contributed by atoms with E-state index >= 15 is 0 Å². The van der Waals surface area contributed by atoms with Crippen molar-refractivity contribution < 1.29 is 38.5 Å². The van der Waals surface area contributed by atoms with Gasteiger partial charge in [-0.1, -0.05) is 20.8 Å². The van der Waals surface area contributed by atoms with Crippen LogP contribution in [0.4, 0.5) is 0 Å². The third-order valence-electron chi connectivity index (χ3n) is 7.59. The van der Waals surface area contributed by atoms with Crippen LogP contribution in [0.1, 0.15) is 74.7 Å². The van der Waals surface area contributed by atoms with Crippen molar-refractivity contribution in [3.8, 4) is 0 Å². The molecule has 1 saturated carbocycles. The van der Waals surface area contributed by atoms with Gasteiger partial charge in [-0.15, -0.1) is 0 Å². The van der Waals surface area contributed by atoms with Crippen molar-refractivity contribution in [3.63, 3.8) is 0 Å². The molecule has 8 nitrogen and oxygen atoms in total. The molecule has 2 aliphatic carbocycles. The molecule has 34 heavy (non-hydrogen) atoms. The minimum Gasteiger partial charge on any atom is -0.462 e. The van der Waals surface area contributed by atoms with E-state index in [1.165, 1.54) is 20.8 Å². The second-order valence-corrected chi connectivity index (χ2v) is 10.4. The lowest BCUT2D eigenvalue weighted by atomic mass is 9.46. The van der Waals surface area contributed by atoms with Crippen LogP contribution in [0.5, 0.6) is 0 Å². The largest absolute Gasteiger partial charge is 0.462 e. The van der Waals surface area contributed by atoms with Gasteiger partial charge in [-0.05, 0) is 61.7 Å². The number of aliphatic hydroxyl groups excluding tert-OH is 1. The summed E-state index contributed by atoms with van der Waals surface area (Å²) in [6.45, 7) is 13.3. The van der Waals surface area contributed by atoms with Crippen molar-refractivity contribution >= 4 is 23.7 Å². The second kappa shape index (κ2) is 10.4. The molecule has 0 aliphatic heterocycles. The fourth-order valence-electron chi connectivity index (χ4n) is 5.88. The van der Waals surface area contributed by atoms with E-state index in [-0.39, 0.29) is 24.1 Å². The number of allylic oxidation sites excluding steroid dienone is 2. The van der Waals surface area contributed by atoms with Gasteiger partial charge in [0.05, 0.1) is 6.10 Å². The number of esters is 3. The average molecular weight is 479 g/mol. The Hall–Kier alpha value is -2.48. The monoisotopic (exact) mass is 478 g/mol. The predicted octanol–water partition coefficient (Wildman–Crippen LogP) is 3.66. The molecular weight excluding hydrogens is 440 g/mol. The Morgan fingerprint density at radius 3 is 2.24 bits per heavy atom. The fraction of sp³-hybridized carbons (Fsp3) is 0.692. The minimum atomic E-state index is -0.744. The molecule has 190 valence electrons. The summed E-state index contributed by atoms with van der Waals surface area (Å²) in [7, 11) is 0. The molecule has 2 rings (SSSR count). The molecule has 5 atom stereocenters. The zero-order chi connectivity index (χ0) is 26.0. The molecule has 0 aromatic rings. The van der Waals surface area contributed by atoms with Crippen molar-refractivity contribution in [3.05, 3.63) is 23.0 Å². The Kier molecular flexibility index (Phi) is 8.51. The van der Waals surface area contributed by atoms with Crippen molar-refractivity contribution in [2.75, 3.05) is 6.61 Å². The quantitative estimate of drug-likeness (QED) is 0.335. The molecule has 0 radical (unpaired) electrons. The summed E-state index contributed by atoms with van der Waals surface area (Å²) in [5.74, 6) is -2.57. The van der Waals surface area contributed by atoms with E-state index in [4.69, 9.17) is 14.2 Å². The first-order valence-electron chi connectivity index (χ1n) is 11.7. The minimum absolute atomic E-state index is 0.0188. The van der Waals surface area contributed by atoms with Crippen LogP contribution in [0.3, 0.4) is 0 Å². The zero-order valence-electron chi connectivity index (χ0n) is 21.5. The highest BCUT2D eigenvalue weighted by atomic mass is 16.5. The molecule has 0 aromatic heterocycles. The van der Waals surface area contributed by atoms with Crippen molar-refractivity contribution in [1.29, 1.82) is 0 Å². The molecule has 0 aromatic carbocycles. The number of rotatable bonds is 7. The molecule has 2 aliphatic rings. The standard InChI is InChI=1S/C26H38O8/c1-14(10-12-32-16(3)27)20(33-17(4)28)13-19-15(2)23(34-18(5)29)22(31)24-25(6,7)21(30)9-11-26(19,24)8/h10,19-21,24,30H,9,11-13H2,1-8H3/b14-10+/t19-,20+,21-,24+,26-/m1/s1. The molecule has 0 unspecified atom stereocenters. The summed E-state index contributed by atoms with van der Waals surface area (Å²) in [6, 6.07) is 0. The van der Waals surface area contributed by atoms with E-state index in [1.807, 2.05) is 20.8 Å². The highest BCUT2D eigenvalue weighted by molar-refractivity contribution is 6.00. The topological polar surface area (TPSA) is 116 Å². The first kappa shape index (κ1) is 27.8. The summed E-state index contributed by atoms with van der Waals surface area (Å²) in [5.41, 5.74) is 0.0507. The lowest BCUT2D eigenvalue weighted by Gasteiger charge is -2.58. The first-order valence-corrected chi connectivity index (χ1v) is 11.7. The third kappa shape index (κ3) is 5.59. The maximum absolute atomic E-state index is 13.6. The van der Waals surface area contributed by atoms with Gasteiger partial charge in [0.1, 0.15) is 12.7 Å². The maximum atomic E-state index is 13.6. The molecule has 0 spiro atoms. The van der Waals surface area contributed by atoms with E-state index in [0.29, 0.717) is 30.4 Å². The number of carbonyl (C=O) groups is 4. The van der Waals surface area contributed by atoms with Gasteiger partial charge in [-0.3, -0.25) is 19.2 Å². The highest BCUT2D eigenvalue weighted by Gasteiger charge is 2.61. The number of hydrogen-bond donors (Lipinski definition) is 1. The molecular formula is C26H38O8. The number of carbonyl (C=O) groups excluding carboxylic acids is 4. The zero-order valence-corrected chi connectivity index (χ0v) is 21.5. The number of ketones is 1. The number of fused-ring (bicyclic) bond motifs is 1. The average Bonchev–Trinajstić information content (AvgIpc) is 2.69. The van der Waals surface area contributed by atoms with Crippen LogP contribution in [0, 0.1) is 22.7 Å². The smallest absolute Gasteiger partial charge is 0.308 e. The van der Waals surface area contributed by atoms with E-state index in [1.54, 1.807) is 19.9 Å². The normalized spacial score (nSPS) is 29.7. The van der Waals surface area contributed by atoms with Crippen LogP contribution in [-0.2, 0) is 33.4 Å². The van der Waals surface area contributed by atoms with Gasteiger partial charge >= 0.3 is 17.9 Å². The van der Waals surface area contributed by atoms with Gasteiger partial charge in [0.25, 0.3) is 0 Å². The van der Waals surface area contributed by atoms with Crippen molar-refractivity contribution in [2.24, 2.45) is 22.7 Å². The van der Waals surface area contributed by atoms with Gasteiger partial charge in [0, 0.05) is 32.1 Å². The summed E-state index contributed by atoms with van der Waals surface area (Å²) in [5, 5.41) is 10.8. The predicted molar refractivity (Wildman–Crippen MR) is 124 cm³/mol. The Balaban J connectivity index is 2.58. The van der Waals surface area contributed by atoms with Crippen LogP contribution in [0.2, 0.25) is 0 Å². The summed E-state index contributed by atoms with van der Waals surface area (Å²) < 4.78 is 16.1. The van der Waals surface area contributed by atoms with Crippen LogP contribution < -0.4 is 0 Å². The van der Waals surface area contributed by atoms with Gasteiger partial charge in [-0.25, -0.2) is 0 Å². The highest BCUT2D eigenvalue weighted by Crippen LogP contribution is 2.61. The van der Waals surface area contributed by atoms with Crippen molar-refractivity contribution in [1.82, 2.24) is 0 Å². The number of ether oxygens (including phenoxy) is 3. The summed E-state index contributed by atoms with van der Waals surface area (Å²) in [6.07, 6.45) is 1.86. The Labute approximate surface area is 201 Å². The Morgan fingerprint density at radius 1 is 1.09 bits per heavy atom. The van der Waals surface area contributed by atoms with Gasteiger partial charge in [0.15, 0.2) is 5.76 Å². The van der Waals surface area contributed by atoms with Gasteiger partial charge < -0.3 is 19.3 Å². The van der Waals surface area contributed by atoms with E-state index < -0.39 is 46.9 Å². The van der Waals surface area contributed by atoms with Crippen LogP contribution in [-0.4, -0.2) is 47.6 Å². The van der Waals surface area contributed by atoms with Crippen LogP contribution in [0.15, 0.2) is 23.0 Å². The van der Waals surface area contributed by atoms with E-state index in [0.717, 1.165) is 0 Å². The molecule has 0 bridgehead atoms. The van der Waals surface area contributed by atoms with E-state index in [9.17, 15) is 24.3 Å². The molecule has 1 fully saturated rings. The van der Waals surface area contributed by atoms with Crippen LogP contribution >= 0.6 is 0 Å². The summed E-state index contributed by atoms with van der Waals surface area (Å²) in [4.78, 5) is 48.5. The fourth-order valence-corrected chi connectivity index (χ4v) is 5.88.